The lowest BCUT2D eigenvalue weighted by Gasteiger charge is -2.15. The number of rotatable bonds is 5. The zero-order chi connectivity index (χ0) is 13.8. The van der Waals surface area contributed by atoms with Gasteiger partial charge in [-0.3, -0.25) is 0 Å². The molecule has 1 aromatic carbocycles. The summed E-state index contributed by atoms with van der Waals surface area (Å²) in [5, 5.41) is 17.5. The molecule has 0 aliphatic heterocycles. The van der Waals surface area contributed by atoms with Gasteiger partial charge in [0.15, 0.2) is 0 Å². The molecule has 0 aliphatic carbocycles. The van der Waals surface area contributed by atoms with Gasteiger partial charge in [0, 0.05) is 6.07 Å². The van der Waals surface area contributed by atoms with Crippen molar-refractivity contribution in [3.63, 3.8) is 0 Å². The number of ether oxygens (including phenoxy) is 1. The van der Waals surface area contributed by atoms with Crippen molar-refractivity contribution < 1.29 is 19.0 Å². The molecule has 5 heteroatoms. The number of carbonyl (C=O) groups is 1. The van der Waals surface area contributed by atoms with E-state index in [9.17, 15) is 9.18 Å². The zero-order valence-electron chi connectivity index (χ0n) is 10.2. The summed E-state index contributed by atoms with van der Waals surface area (Å²) in [5.74, 6) is -1.89. The predicted octanol–water partition coefficient (Wildman–Crippen LogP) is 2.84. The standard InChI is InChI=1S/C13H14FNO3/c1-13(2,8-15)5-6-18-9-3-4-10(12(16)17)11(14)7-9/h3-4,7H,5-6H2,1-2H3,(H,16,17). The summed E-state index contributed by atoms with van der Waals surface area (Å²) in [6.45, 7) is 3.83. The van der Waals surface area contributed by atoms with Gasteiger partial charge in [0.1, 0.15) is 11.6 Å². The molecule has 0 atom stereocenters. The smallest absolute Gasteiger partial charge is 0.338 e. The Morgan fingerprint density at radius 3 is 2.72 bits per heavy atom. The fraction of sp³-hybridized carbons (Fsp3) is 0.385. The van der Waals surface area contributed by atoms with Crippen molar-refractivity contribution >= 4 is 5.97 Å². The number of nitrogens with zero attached hydrogens (tertiary/aromatic N) is 1. The van der Waals surface area contributed by atoms with Gasteiger partial charge in [-0.05, 0) is 32.4 Å². The summed E-state index contributed by atoms with van der Waals surface area (Å²) < 4.78 is 18.6. The first-order chi connectivity index (χ1) is 8.35. The van der Waals surface area contributed by atoms with Gasteiger partial charge in [-0.15, -0.1) is 0 Å². The molecule has 0 saturated carbocycles. The summed E-state index contributed by atoms with van der Waals surface area (Å²) in [6, 6.07) is 5.71. The van der Waals surface area contributed by atoms with Crippen LogP contribution in [0.3, 0.4) is 0 Å². The molecular formula is C13H14FNO3. The Bertz CT molecular complexity index is 491. The Morgan fingerprint density at radius 1 is 1.56 bits per heavy atom. The minimum absolute atomic E-state index is 0.256. The van der Waals surface area contributed by atoms with Crippen LogP contribution in [0.4, 0.5) is 4.39 Å². The van der Waals surface area contributed by atoms with E-state index in [2.05, 4.69) is 6.07 Å². The molecule has 0 fully saturated rings. The highest BCUT2D eigenvalue weighted by atomic mass is 19.1. The molecule has 18 heavy (non-hydrogen) atoms. The van der Waals surface area contributed by atoms with Crippen LogP contribution in [0.5, 0.6) is 5.75 Å². The van der Waals surface area contributed by atoms with Crippen LogP contribution in [0.2, 0.25) is 0 Å². The lowest BCUT2D eigenvalue weighted by Crippen LogP contribution is -2.13. The van der Waals surface area contributed by atoms with E-state index in [4.69, 9.17) is 15.1 Å². The fourth-order valence-electron chi connectivity index (χ4n) is 1.24. The summed E-state index contributed by atoms with van der Waals surface area (Å²) in [4.78, 5) is 10.6. The molecule has 0 saturated heterocycles. The van der Waals surface area contributed by atoms with Crippen molar-refractivity contribution in [2.45, 2.75) is 20.3 Å². The molecule has 1 aromatic rings. The monoisotopic (exact) mass is 251 g/mol. The normalized spacial score (nSPS) is 10.8. The molecule has 96 valence electrons. The van der Waals surface area contributed by atoms with Crippen LogP contribution < -0.4 is 4.74 Å². The van der Waals surface area contributed by atoms with Crippen LogP contribution in [0.1, 0.15) is 30.6 Å². The number of carboxylic acid groups (broad SMARTS) is 1. The maximum absolute atomic E-state index is 13.3. The zero-order valence-corrected chi connectivity index (χ0v) is 10.2. The Hall–Kier alpha value is -2.09. The summed E-state index contributed by atoms with van der Waals surface area (Å²) >= 11 is 0. The van der Waals surface area contributed by atoms with Gasteiger partial charge >= 0.3 is 5.97 Å². The highest BCUT2D eigenvalue weighted by Crippen LogP contribution is 2.21. The number of halogens is 1. The number of hydrogen-bond acceptors (Lipinski definition) is 3. The Kier molecular flexibility index (Phi) is 4.27. The van der Waals surface area contributed by atoms with Crippen LogP contribution in [0.15, 0.2) is 18.2 Å². The Balaban J connectivity index is 2.63. The van der Waals surface area contributed by atoms with Crippen LogP contribution in [-0.2, 0) is 0 Å². The second-order valence-corrected chi connectivity index (χ2v) is 4.54. The van der Waals surface area contributed by atoms with Gasteiger partial charge < -0.3 is 9.84 Å². The number of hydrogen-bond donors (Lipinski definition) is 1. The first-order valence-corrected chi connectivity index (χ1v) is 5.42. The van der Waals surface area contributed by atoms with E-state index in [1.54, 1.807) is 13.8 Å². The molecule has 0 amide bonds. The number of benzene rings is 1. The first-order valence-electron chi connectivity index (χ1n) is 5.42. The van der Waals surface area contributed by atoms with Crippen molar-refractivity contribution in [3.05, 3.63) is 29.6 Å². The van der Waals surface area contributed by atoms with Crippen LogP contribution >= 0.6 is 0 Å². The highest BCUT2D eigenvalue weighted by molar-refractivity contribution is 5.88. The van der Waals surface area contributed by atoms with Crippen molar-refractivity contribution in [2.24, 2.45) is 5.41 Å². The largest absolute Gasteiger partial charge is 0.493 e. The molecule has 0 spiro atoms. The number of carboxylic acids is 1. The fourth-order valence-corrected chi connectivity index (χ4v) is 1.24. The number of nitriles is 1. The van der Waals surface area contributed by atoms with Gasteiger partial charge in [-0.2, -0.15) is 5.26 Å². The van der Waals surface area contributed by atoms with Crippen molar-refractivity contribution in [1.29, 1.82) is 5.26 Å². The number of aromatic carboxylic acids is 1. The van der Waals surface area contributed by atoms with Gasteiger partial charge in [-0.1, -0.05) is 0 Å². The van der Waals surface area contributed by atoms with Crippen LogP contribution in [-0.4, -0.2) is 17.7 Å². The van der Waals surface area contributed by atoms with E-state index in [0.717, 1.165) is 12.1 Å². The molecule has 0 bridgehead atoms. The van der Waals surface area contributed by atoms with E-state index in [-0.39, 0.29) is 17.9 Å². The van der Waals surface area contributed by atoms with Crippen molar-refractivity contribution in [2.75, 3.05) is 6.61 Å². The summed E-state index contributed by atoms with van der Waals surface area (Å²) in [5.41, 5.74) is -0.890. The van der Waals surface area contributed by atoms with E-state index in [0.29, 0.717) is 6.42 Å². The molecule has 0 heterocycles. The maximum Gasteiger partial charge on any atom is 0.338 e. The quantitative estimate of drug-likeness (QED) is 0.873. The highest BCUT2D eigenvalue weighted by Gasteiger charge is 2.17. The first kappa shape index (κ1) is 14.0. The van der Waals surface area contributed by atoms with E-state index < -0.39 is 17.2 Å². The van der Waals surface area contributed by atoms with E-state index in [1.807, 2.05) is 0 Å². The van der Waals surface area contributed by atoms with Crippen molar-refractivity contribution in [3.8, 4) is 11.8 Å². The van der Waals surface area contributed by atoms with Gasteiger partial charge in [0.25, 0.3) is 0 Å². The third-order valence-electron chi connectivity index (χ3n) is 2.47. The van der Waals surface area contributed by atoms with Gasteiger partial charge in [0.2, 0.25) is 0 Å². The molecule has 4 nitrogen and oxygen atoms in total. The predicted molar refractivity (Wildman–Crippen MR) is 62.9 cm³/mol. The molecule has 0 unspecified atom stereocenters. The Labute approximate surface area is 105 Å². The van der Waals surface area contributed by atoms with E-state index >= 15 is 0 Å². The van der Waals surface area contributed by atoms with Crippen LogP contribution in [0, 0.1) is 22.6 Å². The molecule has 0 aromatic heterocycles. The summed E-state index contributed by atoms with van der Waals surface area (Å²) in [6.07, 6.45) is 0.506. The van der Waals surface area contributed by atoms with E-state index in [1.165, 1.54) is 6.07 Å². The topological polar surface area (TPSA) is 70.3 Å². The lowest BCUT2D eigenvalue weighted by atomic mass is 9.92. The Morgan fingerprint density at radius 2 is 2.22 bits per heavy atom. The second-order valence-electron chi connectivity index (χ2n) is 4.54. The average Bonchev–Trinajstić information content (AvgIpc) is 2.28. The molecule has 0 aliphatic rings. The van der Waals surface area contributed by atoms with Crippen molar-refractivity contribution in [1.82, 2.24) is 0 Å². The third-order valence-corrected chi connectivity index (χ3v) is 2.47. The summed E-state index contributed by atoms with van der Waals surface area (Å²) in [7, 11) is 0. The molecular weight excluding hydrogens is 237 g/mol. The minimum Gasteiger partial charge on any atom is -0.493 e. The third kappa shape index (κ3) is 3.74. The SMILES string of the molecule is CC(C)(C#N)CCOc1ccc(C(=O)O)c(F)c1. The van der Waals surface area contributed by atoms with Crippen LogP contribution in [0.25, 0.3) is 0 Å². The molecule has 1 N–H and O–H groups in total. The maximum atomic E-state index is 13.3. The molecule has 0 radical (unpaired) electrons. The minimum atomic E-state index is -1.32. The molecule has 1 rings (SSSR count). The lowest BCUT2D eigenvalue weighted by molar-refractivity contribution is 0.0692. The average molecular weight is 251 g/mol. The van der Waals surface area contributed by atoms with Gasteiger partial charge in [0.05, 0.1) is 23.7 Å². The van der Waals surface area contributed by atoms with Gasteiger partial charge in [-0.25, -0.2) is 9.18 Å². The second kappa shape index (κ2) is 5.50.